The topological polar surface area (TPSA) is 84.7 Å². The normalized spacial score (nSPS) is 15.1. The highest BCUT2D eigenvalue weighted by molar-refractivity contribution is 9.10. The van der Waals surface area contributed by atoms with Gasteiger partial charge in [0.15, 0.2) is 5.78 Å². The standard InChI is InChI=1S/C24H24BrNO5S/c1-15(27)23-16(2)31-22-13-10-19(14-21(22)23)26(24(28)17-6-4-3-5-7-17)32(29,30)20-11-8-18(25)9-12-20/h8-14,17H,3-7H2,1-2H3. The maximum Gasteiger partial charge on any atom is 0.270 e. The van der Waals surface area contributed by atoms with Crippen LogP contribution in [0.2, 0.25) is 0 Å². The van der Waals surface area contributed by atoms with Crippen LogP contribution in [-0.4, -0.2) is 20.1 Å². The number of carbonyl (C=O) groups excluding carboxylic acids is 2. The molecule has 0 atom stereocenters. The van der Waals surface area contributed by atoms with E-state index in [0.717, 1.165) is 28.0 Å². The van der Waals surface area contributed by atoms with Crippen molar-refractivity contribution in [3.63, 3.8) is 0 Å². The average Bonchev–Trinajstić information content (AvgIpc) is 3.10. The number of furan rings is 1. The number of amides is 1. The fraction of sp³-hybridized carbons (Fsp3) is 0.333. The van der Waals surface area contributed by atoms with Crippen LogP contribution in [0.1, 0.15) is 55.1 Å². The summed E-state index contributed by atoms with van der Waals surface area (Å²) < 4.78 is 34.7. The molecule has 168 valence electrons. The van der Waals surface area contributed by atoms with Crippen LogP contribution in [0.15, 0.2) is 56.2 Å². The Morgan fingerprint density at radius 3 is 2.31 bits per heavy atom. The molecule has 3 aromatic rings. The van der Waals surface area contributed by atoms with Gasteiger partial charge in [0.25, 0.3) is 10.0 Å². The first-order chi connectivity index (χ1) is 15.2. The largest absolute Gasteiger partial charge is 0.461 e. The van der Waals surface area contributed by atoms with Gasteiger partial charge in [0.1, 0.15) is 11.3 Å². The fourth-order valence-corrected chi connectivity index (χ4v) is 6.12. The molecular weight excluding hydrogens is 494 g/mol. The lowest BCUT2D eigenvalue weighted by atomic mass is 9.88. The van der Waals surface area contributed by atoms with E-state index >= 15 is 0 Å². The monoisotopic (exact) mass is 517 g/mol. The molecule has 0 radical (unpaired) electrons. The van der Waals surface area contributed by atoms with Gasteiger partial charge in [-0.25, -0.2) is 12.7 Å². The molecule has 2 aromatic carbocycles. The quantitative estimate of drug-likeness (QED) is 0.387. The first-order valence-corrected chi connectivity index (χ1v) is 12.8. The van der Waals surface area contributed by atoms with Crippen molar-refractivity contribution < 1.29 is 22.4 Å². The Balaban J connectivity index is 1.89. The van der Waals surface area contributed by atoms with E-state index in [1.165, 1.54) is 19.1 Å². The molecule has 32 heavy (non-hydrogen) atoms. The van der Waals surface area contributed by atoms with Crippen molar-refractivity contribution in [3.05, 3.63) is 58.3 Å². The molecular formula is C24H24BrNO5S. The van der Waals surface area contributed by atoms with E-state index in [4.69, 9.17) is 4.42 Å². The second-order valence-corrected chi connectivity index (χ2v) is 10.9. The van der Waals surface area contributed by atoms with Crippen molar-refractivity contribution in [2.45, 2.75) is 50.8 Å². The highest BCUT2D eigenvalue weighted by atomic mass is 79.9. The second-order valence-electron chi connectivity index (χ2n) is 8.17. The summed E-state index contributed by atoms with van der Waals surface area (Å²) >= 11 is 3.32. The number of benzene rings is 2. The molecule has 0 N–H and O–H groups in total. The number of aryl methyl sites for hydroxylation is 1. The van der Waals surface area contributed by atoms with Crippen LogP contribution < -0.4 is 4.31 Å². The van der Waals surface area contributed by atoms with Crippen molar-refractivity contribution in [2.75, 3.05) is 4.31 Å². The van der Waals surface area contributed by atoms with Crippen molar-refractivity contribution in [3.8, 4) is 0 Å². The number of nitrogens with zero attached hydrogens (tertiary/aromatic N) is 1. The van der Waals surface area contributed by atoms with Crippen LogP contribution in [0.4, 0.5) is 5.69 Å². The van der Waals surface area contributed by atoms with Crippen molar-refractivity contribution in [1.29, 1.82) is 0 Å². The van der Waals surface area contributed by atoms with E-state index in [0.29, 0.717) is 35.1 Å². The molecule has 0 saturated heterocycles. The number of fused-ring (bicyclic) bond motifs is 1. The minimum absolute atomic E-state index is 0.0279. The van der Waals surface area contributed by atoms with Gasteiger partial charge < -0.3 is 4.42 Å². The Morgan fingerprint density at radius 1 is 1.03 bits per heavy atom. The molecule has 1 heterocycles. The Hall–Kier alpha value is -2.45. The van der Waals surface area contributed by atoms with Gasteiger partial charge in [-0.15, -0.1) is 0 Å². The van der Waals surface area contributed by atoms with E-state index in [1.54, 1.807) is 37.3 Å². The number of Topliss-reactive ketones (excluding diaryl/α,β-unsaturated/α-hetero) is 1. The van der Waals surface area contributed by atoms with Gasteiger partial charge in [0.05, 0.1) is 16.1 Å². The molecule has 1 aliphatic carbocycles. The van der Waals surface area contributed by atoms with E-state index in [-0.39, 0.29) is 22.3 Å². The Morgan fingerprint density at radius 2 is 1.69 bits per heavy atom. The zero-order valence-corrected chi connectivity index (χ0v) is 20.3. The molecule has 1 aromatic heterocycles. The Bertz CT molecular complexity index is 1290. The third-order valence-corrected chi connectivity index (χ3v) is 8.21. The zero-order chi connectivity index (χ0) is 23.0. The van der Waals surface area contributed by atoms with Crippen LogP contribution in [0.25, 0.3) is 11.0 Å². The lowest BCUT2D eigenvalue weighted by Gasteiger charge is -2.29. The van der Waals surface area contributed by atoms with Crippen LogP contribution in [0.5, 0.6) is 0 Å². The number of ketones is 1. The summed E-state index contributed by atoms with van der Waals surface area (Å²) in [5.41, 5.74) is 1.08. The van der Waals surface area contributed by atoms with Gasteiger partial charge >= 0.3 is 0 Å². The number of carbonyl (C=O) groups is 2. The molecule has 1 saturated carbocycles. The Kier molecular flexibility index (Phi) is 6.27. The summed E-state index contributed by atoms with van der Waals surface area (Å²) in [6, 6.07) is 11.0. The molecule has 6 nitrogen and oxygen atoms in total. The van der Waals surface area contributed by atoms with Crippen LogP contribution >= 0.6 is 15.9 Å². The summed E-state index contributed by atoms with van der Waals surface area (Å²) in [5, 5.41) is 0.500. The predicted molar refractivity (Wildman–Crippen MR) is 126 cm³/mol. The molecule has 0 unspecified atom stereocenters. The first-order valence-electron chi connectivity index (χ1n) is 10.6. The SMILES string of the molecule is CC(=O)c1c(C)oc2ccc(N(C(=O)C3CCCCC3)S(=O)(=O)c3ccc(Br)cc3)cc12. The second kappa shape index (κ2) is 8.83. The highest BCUT2D eigenvalue weighted by Crippen LogP contribution is 2.35. The number of rotatable bonds is 5. The molecule has 1 aliphatic rings. The lowest BCUT2D eigenvalue weighted by Crippen LogP contribution is -2.41. The van der Waals surface area contributed by atoms with Gasteiger partial charge in [0.2, 0.25) is 5.91 Å². The van der Waals surface area contributed by atoms with Crippen LogP contribution in [0, 0.1) is 12.8 Å². The third kappa shape index (κ3) is 4.13. The number of sulfonamides is 1. The van der Waals surface area contributed by atoms with Gasteiger partial charge in [-0.05, 0) is 69.2 Å². The molecule has 1 amide bonds. The predicted octanol–water partition coefficient (Wildman–Crippen LogP) is 6.01. The number of hydrogen-bond acceptors (Lipinski definition) is 5. The van der Waals surface area contributed by atoms with E-state index < -0.39 is 15.9 Å². The van der Waals surface area contributed by atoms with Gasteiger partial charge in [0, 0.05) is 15.8 Å². The number of halogens is 1. The summed E-state index contributed by atoms with van der Waals surface area (Å²) in [4.78, 5) is 25.8. The lowest BCUT2D eigenvalue weighted by molar-refractivity contribution is -0.122. The van der Waals surface area contributed by atoms with Gasteiger partial charge in [-0.3, -0.25) is 9.59 Å². The van der Waals surface area contributed by atoms with Gasteiger partial charge in [-0.2, -0.15) is 0 Å². The number of anilines is 1. The van der Waals surface area contributed by atoms with Crippen molar-refractivity contribution >= 4 is 54.3 Å². The highest BCUT2D eigenvalue weighted by Gasteiger charge is 2.36. The minimum Gasteiger partial charge on any atom is -0.461 e. The average molecular weight is 518 g/mol. The van der Waals surface area contributed by atoms with E-state index in [2.05, 4.69) is 15.9 Å². The van der Waals surface area contributed by atoms with Crippen LogP contribution in [-0.2, 0) is 14.8 Å². The Labute approximate surface area is 195 Å². The molecule has 0 bridgehead atoms. The summed E-state index contributed by atoms with van der Waals surface area (Å²) in [5.74, 6) is -0.510. The summed E-state index contributed by atoms with van der Waals surface area (Å²) in [6.45, 7) is 3.13. The van der Waals surface area contributed by atoms with Gasteiger partial charge in [-0.1, -0.05) is 35.2 Å². The molecule has 0 spiro atoms. The molecule has 1 fully saturated rings. The van der Waals surface area contributed by atoms with Crippen molar-refractivity contribution in [1.82, 2.24) is 0 Å². The summed E-state index contributed by atoms with van der Waals surface area (Å²) in [7, 11) is -4.17. The molecule has 4 rings (SSSR count). The number of hydrogen-bond donors (Lipinski definition) is 0. The summed E-state index contributed by atoms with van der Waals surface area (Å²) in [6.07, 6.45) is 4.17. The molecule has 8 heteroatoms. The maximum absolute atomic E-state index is 13.7. The van der Waals surface area contributed by atoms with E-state index in [9.17, 15) is 18.0 Å². The van der Waals surface area contributed by atoms with Crippen molar-refractivity contribution in [2.24, 2.45) is 5.92 Å². The third-order valence-electron chi connectivity index (χ3n) is 5.94. The first kappa shape index (κ1) is 22.7. The van der Waals surface area contributed by atoms with E-state index in [1.807, 2.05) is 0 Å². The maximum atomic E-state index is 13.7. The van der Waals surface area contributed by atoms with Crippen LogP contribution in [0.3, 0.4) is 0 Å². The fourth-order valence-electron chi connectivity index (χ4n) is 4.38. The smallest absolute Gasteiger partial charge is 0.270 e. The molecule has 0 aliphatic heterocycles. The minimum atomic E-state index is -4.17. The zero-order valence-electron chi connectivity index (χ0n) is 17.9.